The van der Waals surface area contributed by atoms with Crippen LogP contribution in [0.1, 0.15) is 16.1 Å². The van der Waals surface area contributed by atoms with Crippen molar-refractivity contribution in [2.75, 3.05) is 0 Å². The van der Waals surface area contributed by atoms with Crippen molar-refractivity contribution in [2.24, 2.45) is 0 Å². The van der Waals surface area contributed by atoms with Crippen LogP contribution >= 0.6 is 0 Å². The van der Waals surface area contributed by atoms with Crippen molar-refractivity contribution in [3.05, 3.63) is 96.5 Å². The molecule has 0 aliphatic heterocycles. The van der Waals surface area contributed by atoms with Gasteiger partial charge in [0, 0.05) is 11.8 Å². The van der Waals surface area contributed by atoms with Crippen molar-refractivity contribution in [1.29, 1.82) is 0 Å². The van der Waals surface area contributed by atoms with Gasteiger partial charge < -0.3 is 4.42 Å². The second-order valence-corrected chi connectivity index (χ2v) is 6.63. The van der Waals surface area contributed by atoms with Crippen molar-refractivity contribution >= 4 is 22.5 Å². The van der Waals surface area contributed by atoms with Crippen LogP contribution < -0.4 is 5.48 Å². The highest BCUT2D eigenvalue weighted by Crippen LogP contribution is 2.28. The van der Waals surface area contributed by atoms with Crippen molar-refractivity contribution in [1.82, 2.24) is 14.9 Å². The Morgan fingerprint density at radius 2 is 1.79 bits per heavy atom. The number of hydrogen-bond donors (Lipinski definition) is 1. The van der Waals surface area contributed by atoms with E-state index in [1.807, 2.05) is 72.8 Å². The molecule has 0 saturated carbocycles. The number of imidazole rings is 1. The number of nitrogens with zero attached hydrogens (tertiary/aromatic N) is 2. The summed E-state index contributed by atoms with van der Waals surface area (Å²) in [4.78, 5) is 22.9. The number of hydrogen-bond acceptors (Lipinski definition) is 4. The minimum absolute atomic E-state index is 0.269. The van der Waals surface area contributed by atoms with Gasteiger partial charge in [0.25, 0.3) is 5.91 Å². The average molecular weight is 383 g/mol. The van der Waals surface area contributed by atoms with E-state index in [0.717, 1.165) is 21.9 Å². The van der Waals surface area contributed by atoms with Gasteiger partial charge in [-0.3, -0.25) is 14.0 Å². The van der Waals surface area contributed by atoms with Crippen LogP contribution in [0.2, 0.25) is 0 Å². The monoisotopic (exact) mass is 383 g/mol. The minimum atomic E-state index is -0.391. The third-order valence-electron chi connectivity index (χ3n) is 4.75. The molecule has 0 aliphatic carbocycles. The fourth-order valence-corrected chi connectivity index (χ4v) is 3.35. The Hall–Kier alpha value is -3.90. The van der Waals surface area contributed by atoms with Gasteiger partial charge in [-0.05, 0) is 22.4 Å². The first-order valence-corrected chi connectivity index (χ1v) is 9.20. The predicted octanol–water partition coefficient (Wildman–Crippen LogP) is 4.61. The molecule has 0 aliphatic rings. The Bertz CT molecular complexity index is 1300. The van der Waals surface area contributed by atoms with Crippen LogP contribution in [0.15, 0.2) is 89.7 Å². The molecule has 0 radical (unpaired) electrons. The molecule has 0 spiro atoms. The molecule has 0 unspecified atom stereocenters. The third-order valence-corrected chi connectivity index (χ3v) is 4.75. The van der Waals surface area contributed by atoms with Crippen molar-refractivity contribution < 1.29 is 14.0 Å². The first kappa shape index (κ1) is 17.2. The number of benzene rings is 3. The molecule has 0 atom stereocenters. The smallest absolute Gasteiger partial charge is 0.306 e. The second-order valence-electron chi connectivity index (χ2n) is 6.63. The molecule has 6 nitrogen and oxygen atoms in total. The van der Waals surface area contributed by atoms with E-state index in [1.54, 1.807) is 10.6 Å². The molecule has 1 N–H and O–H groups in total. The molecule has 2 aromatic heterocycles. The number of nitrogens with one attached hydrogen (secondary N) is 1. The van der Waals surface area contributed by atoms with Gasteiger partial charge in [-0.25, -0.2) is 5.48 Å². The summed E-state index contributed by atoms with van der Waals surface area (Å²) in [6.07, 6.45) is 3.16. The Balaban J connectivity index is 1.47. The summed E-state index contributed by atoms with van der Waals surface area (Å²) in [7, 11) is 0. The van der Waals surface area contributed by atoms with E-state index in [0.29, 0.717) is 17.2 Å². The van der Waals surface area contributed by atoms with Crippen LogP contribution in [0.25, 0.3) is 27.9 Å². The van der Waals surface area contributed by atoms with E-state index in [9.17, 15) is 4.79 Å². The average Bonchev–Trinajstić information content (AvgIpc) is 3.35. The summed E-state index contributed by atoms with van der Waals surface area (Å²) in [5, 5.41) is 2.19. The summed E-state index contributed by atoms with van der Waals surface area (Å²) in [6.45, 7) is 0.269. The number of carbonyl (C=O) groups excluding carboxylic acids is 1. The van der Waals surface area contributed by atoms with Crippen LogP contribution in [-0.2, 0) is 11.4 Å². The van der Waals surface area contributed by atoms with Gasteiger partial charge in [0.2, 0.25) is 0 Å². The van der Waals surface area contributed by atoms with Gasteiger partial charge in [0.1, 0.15) is 17.7 Å². The van der Waals surface area contributed by atoms with E-state index in [2.05, 4.69) is 10.5 Å². The van der Waals surface area contributed by atoms with Gasteiger partial charge in [0.15, 0.2) is 0 Å². The van der Waals surface area contributed by atoms with Gasteiger partial charge in [-0.1, -0.05) is 66.7 Å². The van der Waals surface area contributed by atoms with Crippen LogP contribution in [0.4, 0.5) is 0 Å². The summed E-state index contributed by atoms with van der Waals surface area (Å²) in [5.74, 6) is -0.0423. The van der Waals surface area contributed by atoms with E-state index >= 15 is 0 Å². The predicted molar refractivity (Wildman–Crippen MR) is 109 cm³/mol. The van der Waals surface area contributed by atoms with Gasteiger partial charge in [0.05, 0.1) is 6.61 Å². The molecule has 1 amide bonds. The molecular formula is C23H17N3O3. The van der Waals surface area contributed by atoms with Crippen LogP contribution in [0.5, 0.6) is 0 Å². The highest BCUT2D eigenvalue weighted by atomic mass is 16.6. The first-order chi connectivity index (χ1) is 14.3. The van der Waals surface area contributed by atoms with Gasteiger partial charge >= 0.3 is 5.84 Å². The molecule has 29 heavy (non-hydrogen) atoms. The molecule has 5 aromatic rings. The summed E-state index contributed by atoms with van der Waals surface area (Å²) < 4.78 is 7.02. The largest absolute Gasteiger partial charge is 0.432 e. The molecule has 0 saturated heterocycles. The molecule has 0 bridgehead atoms. The Morgan fingerprint density at radius 1 is 1.00 bits per heavy atom. The lowest BCUT2D eigenvalue weighted by molar-refractivity contribution is 0.0229. The summed E-state index contributed by atoms with van der Waals surface area (Å²) in [6, 6.07) is 23.7. The van der Waals surface area contributed by atoms with Crippen molar-refractivity contribution in [3.8, 4) is 11.3 Å². The fourth-order valence-electron chi connectivity index (χ4n) is 3.35. The number of rotatable bonds is 5. The summed E-state index contributed by atoms with van der Waals surface area (Å²) >= 11 is 0. The van der Waals surface area contributed by atoms with E-state index in [4.69, 9.17) is 9.25 Å². The van der Waals surface area contributed by atoms with Crippen LogP contribution in [-0.4, -0.2) is 15.3 Å². The Labute approximate surface area is 166 Å². The maximum Gasteiger partial charge on any atom is 0.306 e. The number of fused-ring (bicyclic) bond motifs is 2. The molecular weight excluding hydrogens is 366 g/mol. The first-order valence-electron chi connectivity index (χ1n) is 9.20. The lowest BCUT2D eigenvalue weighted by atomic mass is 10.0. The van der Waals surface area contributed by atoms with E-state index in [1.165, 1.54) is 6.26 Å². The Morgan fingerprint density at radius 3 is 2.66 bits per heavy atom. The zero-order valence-corrected chi connectivity index (χ0v) is 15.4. The van der Waals surface area contributed by atoms with Gasteiger partial charge in [-0.15, -0.1) is 0 Å². The number of hydroxylamine groups is 1. The van der Waals surface area contributed by atoms with E-state index in [-0.39, 0.29) is 6.61 Å². The lowest BCUT2D eigenvalue weighted by Gasteiger charge is -2.08. The SMILES string of the molecule is O=C(NOCc1ccccc1)c1c(-c2ccc3ccccc3c2)nc2occn12. The second kappa shape index (κ2) is 7.26. The van der Waals surface area contributed by atoms with Gasteiger partial charge in [-0.2, -0.15) is 4.98 Å². The van der Waals surface area contributed by atoms with Crippen molar-refractivity contribution in [3.63, 3.8) is 0 Å². The maximum atomic E-state index is 12.9. The quantitative estimate of drug-likeness (QED) is 0.450. The number of oxazole rings is 1. The highest BCUT2D eigenvalue weighted by molar-refractivity contribution is 6.00. The zero-order valence-electron chi connectivity index (χ0n) is 15.4. The Kier molecular flexibility index (Phi) is 4.31. The molecule has 3 aromatic carbocycles. The van der Waals surface area contributed by atoms with Crippen molar-refractivity contribution in [2.45, 2.75) is 6.61 Å². The topological polar surface area (TPSA) is 68.8 Å². The zero-order chi connectivity index (χ0) is 19.6. The fraction of sp³-hybridized carbons (Fsp3) is 0.0435. The summed E-state index contributed by atoms with van der Waals surface area (Å²) in [5.41, 5.74) is 5.21. The number of aromatic nitrogens is 2. The van der Waals surface area contributed by atoms with Crippen LogP contribution in [0.3, 0.4) is 0 Å². The number of carbonyl (C=O) groups is 1. The minimum Gasteiger partial charge on any atom is -0.432 e. The number of amides is 1. The maximum absolute atomic E-state index is 12.9. The lowest BCUT2D eigenvalue weighted by Crippen LogP contribution is -2.25. The third kappa shape index (κ3) is 3.26. The molecule has 6 heteroatoms. The molecule has 0 fully saturated rings. The normalized spacial score (nSPS) is 11.2. The molecule has 2 heterocycles. The molecule has 5 rings (SSSR count). The highest BCUT2D eigenvalue weighted by Gasteiger charge is 2.22. The standard InChI is InChI=1S/C23H17N3O3/c27-22(25-29-15-16-6-2-1-3-7-16)21-20(24-23-26(21)12-13-28-23)19-11-10-17-8-4-5-9-18(17)14-19/h1-14H,15H2,(H,25,27). The molecule has 142 valence electrons. The van der Waals surface area contributed by atoms with E-state index < -0.39 is 5.91 Å². The van der Waals surface area contributed by atoms with Crippen LogP contribution in [0, 0.1) is 0 Å².